The molecule has 1 unspecified atom stereocenters. The van der Waals surface area contributed by atoms with Crippen LogP contribution in [0.1, 0.15) is 46.4 Å². The zero-order valence-electron chi connectivity index (χ0n) is 15.6. The highest BCUT2D eigenvalue weighted by Gasteiger charge is 2.33. The molecule has 10 heteroatoms. The van der Waals surface area contributed by atoms with Crippen molar-refractivity contribution in [3.05, 3.63) is 35.4 Å². The maximum absolute atomic E-state index is 12.4. The summed E-state index contributed by atoms with van der Waals surface area (Å²) in [4.78, 5) is 24.8. The number of rotatable bonds is 4. The van der Waals surface area contributed by atoms with Crippen molar-refractivity contribution >= 4 is 11.9 Å². The molecule has 1 saturated carbocycles. The highest BCUT2D eigenvalue weighted by Crippen LogP contribution is 2.37. The Morgan fingerprint density at radius 2 is 0.933 bits per heavy atom. The second-order valence-corrected chi connectivity index (χ2v) is 6.90. The van der Waals surface area contributed by atoms with Gasteiger partial charge in [-0.3, -0.25) is 0 Å². The zero-order chi connectivity index (χ0) is 22.0. The lowest BCUT2D eigenvalue weighted by Gasteiger charge is -2.30. The first-order chi connectivity index (χ1) is 14.2. The minimum Gasteiger partial charge on any atom is -0.504 e. The van der Waals surface area contributed by atoms with Crippen molar-refractivity contribution in [3.63, 3.8) is 0 Å². The smallest absolute Gasteiger partial charge is 0.338 e. The molecule has 6 N–H and O–H groups in total. The Morgan fingerprint density at radius 3 is 1.23 bits per heavy atom. The standard InChI is InChI=1S/C20H20O10/c21-11-5-9(6-12(22)17(11)25)19(27)29-15-3-1-2-4-16(15)30-20(28)10-7-13(23)18(26)14(24)8-10/h5-8,15-16,21-26H,1-4H2/t15-,16?/m1/s1. The van der Waals surface area contributed by atoms with Crippen LogP contribution >= 0.6 is 0 Å². The molecule has 10 nitrogen and oxygen atoms in total. The Morgan fingerprint density at radius 1 is 0.633 bits per heavy atom. The van der Waals surface area contributed by atoms with Gasteiger partial charge in [0.25, 0.3) is 0 Å². The number of ether oxygens (including phenoxy) is 2. The molecule has 2 atom stereocenters. The first-order valence-corrected chi connectivity index (χ1v) is 9.09. The van der Waals surface area contributed by atoms with Crippen LogP contribution in [0.2, 0.25) is 0 Å². The Hall–Kier alpha value is -3.82. The minimum absolute atomic E-state index is 0.202. The van der Waals surface area contributed by atoms with Gasteiger partial charge in [-0.05, 0) is 49.9 Å². The van der Waals surface area contributed by atoms with Crippen LogP contribution in [0.3, 0.4) is 0 Å². The average molecular weight is 420 g/mol. The summed E-state index contributed by atoms with van der Waals surface area (Å²) in [6.07, 6.45) is 0.579. The van der Waals surface area contributed by atoms with E-state index in [1.165, 1.54) is 0 Å². The van der Waals surface area contributed by atoms with E-state index in [-0.39, 0.29) is 11.1 Å². The third-order valence-corrected chi connectivity index (χ3v) is 4.77. The molecule has 0 aliphatic heterocycles. The summed E-state index contributed by atoms with van der Waals surface area (Å²) < 4.78 is 10.8. The minimum atomic E-state index is -0.895. The highest BCUT2D eigenvalue weighted by molar-refractivity contribution is 5.92. The second-order valence-electron chi connectivity index (χ2n) is 6.90. The summed E-state index contributed by atoms with van der Waals surface area (Å²) in [7, 11) is 0. The van der Waals surface area contributed by atoms with Crippen molar-refractivity contribution in [3.8, 4) is 34.5 Å². The van der Waals surface area contributed by atoms with Gasteiger partial charge in [-0.1, -0.05) is 0 Å². The number of benzene rings is 2. The molecule has 0 saturated heterocycles. The lowest BCUT2D eigenvalue weighted by molar-refractivity contribution is -0.0514. The van der Waals surface area contributed by atoms with Crippen LogP contribution in [0, 0.1) is 0 Å². The fourth-order valence-corrected chi connectivity index (χ4v) is 3.19. The van der Waals surface area contributed by atoms with Crippen molar-refractivity contribution in [2.45, 2.75) is 37.9 Å². The molecule has 30 heavy (non-hydrogen) atoms. The van der Waals surface area contributed by atoms with Crippen molar-refractivity contribution in [1.29, 1.82) is 0 Å². The number of phenolic OH excluding ortho intramolecular Hbond substituents is 6. The quantitative estimate of drug-likeness (QED) is 0.318. The van der Waals surface area contributed by atoms with E-state index in [9.17, 15) is 40.2 Å². The first kappa shape index (κ1) is 20.9. The second kappa shape index (κ2) is 8.27. The van der Waals surface area contributed by atoms with Gasteiger partial charge in [-0.15, -0.1) is 0 Å². The molecule has 0 spiro atoms. The molecule has 1 aliphatic carbocycles. The van der Waals surface area contributed by atoms with E-state index in [1.807, 2.05) is 0 Å². The van der Waals surface area contributed by atoms with Gasteiger partial charge >= 0.3 is 11.9 Å². The van der Waals surface area contributed by atoms with Crippen molar-refractivity contribution in [1.82, 2.24) is 0 Å². The number of phenols is 6. The van der Waals surface area contributed by atoms with Crippen LogP contribution in [-0.4, -0.2) is 54.8 Å². The highest BCUT2D eigenvalue weighted by atomic mass is 16.6. The predicted molar refractivity (Wildman–Crippen MR) is 99.7 cm³/mol. The van der Waals surface area contributed by atoms with E-state index >= 15 is 0 Å². The number of carbonyl (C=O) groups is 2. The molecule has 2 aromatic rings. The average Bonchev–Trinajstić information content (AvgIpc) is 2.70. The fourth-order valence-electron chi connectivity index (χ4n) is 3.19. The molecule has 160 valence electrons. The molecule has 3 rings (SSSR count). The van der Waals surface area contributed by atoms with Crippen molar-refractivity contribution in [2.24, 2.45) is 0 Å². The normalized spacial score (nSPS) is 18.5. The van der Waals surface area contributed by atoms with Crippen LogP contribution in [-0.2, 0) is 9.47 Å². The van der Waals surface area contributed by atoms with E-state index in [2.05, 4.69) is 0 Å². The van der Waals surface area contributed by atoms with Crippen molar-refractivity contribution < 1.29 is 49.7 Å². The van der Waals surface area contributed by atoms with Gasteiger partial charge in [0.15, 0.2) is 34.5 Å². The van der Waals surface area contributed by atoms with Crippen LogP contribution in [0.4, 0.5) is 0 Å². The molecule has 0 bridgehead atoms. The van der Waals surface area contributed by atoms with E-state index in [0.29, 0.717) is 25.7 Å². The maximum atomic E-state index is 12.4. The summed E-state index contributed by atoms with van der Waals surface area (Å²) in [5.74, 6) is -6.10. The fraction of sp³-hybridized carbons (Fsp3) is 0.300. The lowest BCUT2D eigenvalue weighted by atomic mass is 9.94. The largest absolute Gasteiger partial charge is 0.504 e. The molecule has 1 fully saturated rings. The zero-order valence-corrected chi connectivity index (χ0v) is 15.6. The molecule has 0 amide bonds. The Balaban J connectivity index is 1.73. The third-order valence-electron chi connectivity index (χ3n) is 4.77. The number of carbonyl (C=O) groups excluding carboxylic acids is 2. The summed E-state index contributed by atoms with van der Waals surface area (Å²) in [5, 5.41) is 57.0. The van der Waals surface area contributed by atoms with Gasteiger partial charge in [-0.2, -0.15) is 0 Å². The van der Waals surface area contributed by atoms with E-state index in [0.717, 1.165) is 24.3 Å². The van der Waals surface area contributed by atoms with E-state index < -0.39 is 58.6 Å². The molecule has 0 radical (unpaired) electrons. The lowest BCUT2D eigenvalue weighted by Crippen LogP contribution is -2.37. The van der Waals surface area contributed by atoms with Gasteiger partial charge in [0.2, 0.25) is 0 Å². The van der Waals surface area contributed by atoms with Crippen LogP contribution in [0.15, 0.2) is 24.3 Å². The molecule has 1 aliphatic rings. The maximum Gasteiger partial charge on any atom is 0.338 e. The van der Waals surface area contributed by atoms with Gasteiger partial charge in [-0.25, -0.2) is 9.59 Å². The third kappa shape index (κ3) is 4.27. The molecular weight excluding hydrogens is 400 g/mol. The van der Waals surface area contributed by atoms with E-state index in [1.54, 1.807) is 0 Å². The van der Waals surface area contributed by atoms with E-state index in [4.69, 9.17) is 9.47 Å². The number of hydrogen-bond acceptors (Lipinski definition) is 10. The number of aromatic hydroxyl groups is 6. The van der Waals surface area contributed by atoms with Gasteiger partial charge in [0.05, 0.1) is 11.1 Å². The topological polar surface area (TPSA) is 174 Å². The van der Waals surface area contributed by atoms with Gasteiger partial charge in [0.1, 0.15) is 12.2 Å². The Kier molecular flexibility index (Phi) is 5.77. The molecule has 2 aromatic carbocycles. The Labute approximate surface area is 170 Å². The summed E-state index contributed by atoms with van der Waals surface area (Å²) >= 11 is 0. The van der Waals surface area contributed by atoms with Crippen molar-refractivity contribution in [2.75, 3.05) is 0 Å². The monoisotopic (exact) mass is 420 g/mol. The predicted octanol–water partition coefficient (Wildman–Crippen LogP) is 2.25. The summed E-state index contributed by atoms with van der Waals surface area (Å²) in [6, 6.07) is 3.74. The SMILES string of the molecule is O=C(OC1CCCC[C@H]1OC(=O)c1cc(O)c(O)c(O)c1)c1cc(O)c(O)c(O)c1. The molecule has 0 aromatic heterocycles. The summed E-state index contributed by atoms with van der Waals surface area (Å²) in [6.45, 7) is 0. The number of esters is 2. The van der Waals surface area contributed by atoms with Crippen LogP contribution in [0.5, 0.6) is 34.5 Å². The van der Waals surface area contributed by atoms with Gasteiger partial charge in [0, 0.05) is 0 Å². The molecule has 0 heterocycles. The van der Waals surface area contributed by atoms with Crippen LogP contribution in [0.25, 0.3) is 0 Å². The first-order valence-electron chi connectivity index (χ1n) is 9.09. The number of hydrogen-bond donors (Lipinski definition) is 6. The summed E-state index contributed by atoms with van der Waals surface area (Å²) in [5.41, 5.74) is -0.404. The Bertz CT molecular complexity index is 858. The molecular formula is C20H20O10. The van der Waals surface area contributed by atoms with Gasteiger partial charge < -0.3 is 40.1 Å². The van der Waals surface area contributed by atoms with Crippen LogP contribution < -0.4 is 0 Å².